The number of carbonyl (C=O) groups excluding carboxylic acids is 2. The maximum atomic E-state index is 14.8. The second-order valence-corrected chi connectivity index (χ2v) is 9.72. The van der Waals surface area contributed by atoms with E-state index in [1.165, 1.54) is 13.1 Å². The number of rotatable bonds is 7. The van der Waals surface area contributed by atoms with E-state index in [4.69, 9.17) is 0 Å². The summed E-state index contributed by atoms with van der Waals surface area (Å²) in [5.41, 5.74) is 0.202. The summed E-state index contributed by atoms with van der Waals surface area (Å²) in [6, 6.07) is 10.1. The number of halogens is 2. The molecule has 11 heteroatoms. The van der Waals surface area contributed by atoms with Crippen LogP contribution in [0.2, 0.25) is 0 Å². The predicted octanol–water partition coefficient (Wildman–Crippen LogP) is 2.35. The standard InChI is InChI=1S/C27H29F2N5O4/c1-15(2)19-9-10-20(30-24(19)29)23(17-7-5-4-6-8-17)31-26(37)21-11-18(28)13-34(21)22(35)14-33-12-16(3)25(36)32-27(33)38/h4-10,12,15,18,21,23H,11,13-14H2,1-3H3,(H,31,37)(H,32,36,38). The van der Waals surface area contributed by atoms with Crippen LogP contribution in [0.3, 0.4) is 0 Å². The first-order valence-electron chi connectivity index (χ1n) is 12.3. The van der Waals surface area contributed by atoms with Crippen molar-refractivity contribution in [2.45, 2.75) is 57.9 Å². The number of likely N-dealkylation sites (tertiary alicyclic amines) is 1. The van der Waals surface area contributed by atoms with Gasteiger partial charge in [-0.1, -0.05) is 50.2 Å². The van der Waals surface area contributed by atoms with E-state index in [2.05, 4.69) is 15.3 Å². The molecule has 2 N–H and O–H groups in total. The molecule has 38 heavy (non-hydrogen) atoms. The number of H-pyrrole nitrogens is 1. The van der Waals surface area contributed by atoms with Crippen molar-refractivity contribution < 1.29 is 18.4 Å². The third kappa shape index (κ3) is 5.71. The van der Waals surface area contributed by atoms with Crippen LogP contribution in [0, 0.1) is 12.9 Å². The minimum atomic E-state index is -1.44. The fraction of sp³-hybridized carbons (Fsp3) is 0.370. The molecule has 0 saturated carbocycles. The van der Waals surface area contributed by atoms with Crippen molar-refractivity contribution in [2.24, 2.45) is 0 Å². The van der Waals surface area contributed by atoms with E-state index in [0.717, 1.165) is 9.47 Å². The predicted molar refractivity (Wildman–Crippen MR) is 136 cm³/mol. The molecule has 2 aromatic heterocycles. The molecule has 1 fully saturated rings. The number of hydrogen-bond donors (Lipinski definition) is 2. The van der Waals surface area contributed by atoms with Crippen molar-refractivity contribution in [1.29, 1.82) is 0 Å². The lowest BCUT2D eigenvalue weighted by Crippen LogP contribution is -2.48. The Kier molecular flexibility index (Phi) is 7.84. The molecule has 0 bridgehead atoms. The first kappa shape index (κ1) is 26.9. The average Bonchev–Trinajstić information content (AvgIpc) is 3.28. The zero-order valence-corrected chi connectivity index (χ0v) is 21.3. The normalized spacial score (nSPS) is 18.0. The molecule has 3 aromatic rings. The zero-order valence-electron chi connectivity index (χ0n) is 21.3. The van der Waals surface area contributed by atoms with Gasteiger partial charge in [-0.15, -0.1) is 0 Å². The van der Waals surface area contributed by atoms with Gasteiger partial charge < -0.3 is 10.2 Å². The van der Waals surface area contributed by atoms with Crippen LogP contribution in [-0.2, 0) is 16.1 Å². The molecule has 3 atom stereocenters. The number of benzene rings is 1. The van der Waals surface area contributed by atoms with Gasteiger partial charge in [0.25, 0.3) is 5.56 Å². The quantitative estimate of drug-likeness (QED) is 0.460. The van der Waals surface area contributed by atoms with Gasteiger partial charge in [-0.05, 0) is 24.5 Å². The van der Waals surface area contributed by atoms with Gasteiger partial charge in [-0.3, -0.25) is 23.9 Å². The van der Waals surface area contributed by atoms with Gasteiger partial charge in [0.15, 0.2) is 0 Å². The minimum absolute atomic E-state index is 0.0837. The van der Waals surface area contributed by atoms with Gasteiger partial charge in [0.2, 0.25) is 17.8 Å². The number of aryl methyl sites for hydroxylation is 1. The Hall–Kier alpha value is -4.15. The zero-order chi connectivity index (χ0) is 27.6. The number of pyridine rings is 1. The Labute approximate surface area is 217 Å². The fourth-order valence-electron chi connectivity index (χ4n) is 4.54. The summed E-state index contributed by atoms with van der Waals surface area (Å²) in [7, 11) is 0. The summed E-state index contributed by atoms with van der Waals surface area (Å²) in [4.78, 5) is 57.5. The number of nitrogens with one attached hydrogen (secondary N) is 2. The number of aromatic amines is 1. The summed E-state index contributed by atoms with van der Waals surface area (Å²) in [6.07, 6.45) is -0.434. The molecule has 3 unspecified atom stereocenters. The van der Waals surface area contributed by atoms with Gasteiger partial charge in [-0.2, -0.15) is 4.39 Å². The smallest absolute Gasteiger partial charge is 0.328 e. The highest BCUT2D eigenvalue weighted by atomic mass is 19.1. The Morgan fingerprint density at radius 2 is 1.87 bits per heavy atom. The van der Waals surface area contributed by atoms with Crippen molar-refractivity contribution >= 4 is 11.8 Å². The summed E-state index contributed by atoms with van der Waals surface area (Å²) in [5, 5.41) is 2.82. The number of carbonyl (C=O) groups is 2. The topological polar surface area (TPSA) is 117 Å². The maximum Gasteiger partial charge on any atom is 0.328 e. The van der Waals surface area contributed by atoms with Gasteiger partial charge in [0.05, 0.1) is 18.3 Å². The first-order chi connectivity index (χ1) is 18.0. The third-order valence-electron chi connectivity index (χ3n) is 6.60. The molecular weight excluding hydrogens is 496 g/mol. The summed E-state index contributed by atoms with van der Waals surface area (Å²) in [5.74, 6) is -2.01. The summed E-state index contributed by atoms with van der Waals surface area (Å²) < 4.78 is 30.2. The van der Waals surface area contributed by atoms with Gasteiger partial charge in [0, 0.05) is 23.7 Å². The highest BCUT2D eigenvalue weighted by molar-refractivity contribution is 5.88. The average molecular weight is 526 g/mol. The van der Waals surface area contributed by atoms with E-state index in [1.807, 2.05) is 13.8 Å². The molecule has 4 rings (SSSR count). The van der Waals surface area contributed by atoms with E-state index >= 15 is 0 Å². The van der Waals surface area contributed by atoms with Gasteiger partial charge >= 0.3 is 5.69 Å². The van der Waals surface area contributed by atoms with Crippen molar-refractivity contribution in [2.75, 3.05) is 6.54 Å². The molecule has 200 valence electrons. The third-order valence-corrected chi connectivity index (χ3v) is 6.60. The molecule has 1 aliphatic heterocycles. The van der Waals surface area contributed by atoms with Crippen LogP contribution >= 0.6 is 0 Å². The minimum Gasteiger partial charge on any atom is -0.342 e. The number of aromatic nitrogens is 3. The lowest BCUT2D eigenvalue weighted by atomic mass is 9.99. The van der Waals surface area contributed by atoms with Crippen LogP contribution in [0.1, 0.15) is 54.6 Å². The monoisotopic (exact) mass is 525 g/mol. The van der Waals surface area contributed by atoms with E-state index in [0.29, 0.717) is 11.1 Å². The molecule has 0 aliphatic carbocycles. The molecule has 9 nitrogen and oxygen atoms in total. The Morgan fingerprint density at radius 3 is 2.53 bits per heavy atom. The van der Waals surface area contributed by atoms with Crippen LogP contribution in [-0.4, -0.2) is 50.0 Å². The molecule has 0 spiro atoms. The lowest BCUT2D eigenvalue weighted by Gasteiger charge is -2.27. The van der Waals surface area contributed by atoms with E-state index in [9.17, 15) is 28.0 Å². The summed E-state index contributed by atoms with van der Waals surface area (Å²) in [6.45, 7) is 4.38. The molecule has 2 amide bonds. The molecule has 1 aromatic carbocycles. The largest absolute Gasteiger partial charge is 0.342 e. The molecule has 1 saturated heterocycles. The maximum absolute atomic E-state index is 14.8. The van der Waals surface area contributed by atoms with E-state index in [1.54, 1.807) is 42.5 Å². The van der Waals surface area contributed by atoms with Crippen LogP contribution in [0.25, 0.3) is 0 Å². The number of hydrogen-bond acceptors (Lipinski definition) is 5. The number of alkyl halides is 1. The van der Waals surface area contributed by atoms with Crippen LogP contribution in [0.4, 0.5) is 8.78 Å². The van der Waals surface area contributed by atoms with Crippen molar-refractivity contribution in [1.82, 2.24) is 24.8 Å². The van der Waals surface area contributed by atoms with E-state index < -0.39 is 53.8 Å². The van der Waals surface area contributed by atoms with Crippen molar-refractivity contribution in [3.8, 4) is 0 Å². The van der Waals surface area contributed by atoms with Crippen LogP contribution < -0.4 is 16.6 Å². The number of nitrogens with zero attached hydrogens (tertiary/aromatic N) is 3. The van der Waals surface area contributed by atoms with Crippen molar-refractivity contribution in [3.63, 3.8) is 0 Å². The highest BCUT2D eigenvalue weighted by Gasteiger charge is 2.40. The SMILES string of the molecule is Cc1cn(CC(=O)N2CC(F)CC2C(=O)NC(c2ccccc2)c2ccc(C(C)C)c(F)n2)c(=O)[nH]c1=O. The van der Waals surface area contributed by atoms with Crippen molar-refractivity contribution in [3.05, 3.63) is 97.8 Å². The molecule has 0 radical (unpaired) electrons. The van der Waals surface area contributed by atoms with Gasteiger partial charge in [-0.25, -0.2) is 14.2 Å². The fourth-order valence-corrected chi connectivity index (χ4v) is 4.54. The Bertz CT molecular complexity index is 1450. The van der Waals surface area contributed by atoms with Crippen LogP contribution in [0.15, 0.2) is 58.3 Å². The molecule has 1 aliphatic rings. The van der Waals surface area contributed by atoms with Crippen LogP contribution in [0.5, 0.6) is 0 Å². The molecular formula is C27H29F2N5O4. The number of amides is 2. The second-order valence-electron chi connectivity index (χ2n) is 9.72. The van der Waals surface area contributed by atoms with Gasteiger partial charge in [0.1, 0.15) is 18.8 Å². The second kappa shape index (κ2) is 11.1. The molecule has 3 heterocycles. The lowest BCUT2D eigenvalue weighted by molar-refractivity contribution is -0.139. The Balaban J connectivity index is 1.60. The summed E-state index contributed by atoms with van der Waals surface area (Å²) >= 11 is 0. The Morgan fingerprint density at radius 1 is 1.16 bits per heavy atom. The first-order valence-corrected chi connectivity index (χ1v) is 12.3. The van der Waals surface area contributed by atoms with E-state index in [-0.39, 0.29) is 30.1 Å². The highest BCUT2D eigenvalue weighted by Crippen LogP contribution is 2.26.